The fourth-order valence-corrected chi connectivity index (χ4v) is 3.07. The van der Waals surface area contributed by atoms with Gasteiger partial charge < -0.3 is 15.2 Å². The first-order valence-electron chi connectivity index (χ1n) is 7.74. The number of nitrogens with two attached hydrogens (primary N) is 1. The Kier molecular flexibility index (Phi) is 5.17. The van der Waals surface area contributed by atoms with E-state index in [2.05, 4.69) is 23.4 Å². The number of aromatic nitrogens is 2. The lowest BCUT2D eigenvalue weighted by Crippen LogP contribution is -2.43. The van der Waals surface area contributed by atoms with Crippen molar-refractivity contribution in [3.63, 3.8) is 0 Å². The van der Waals surface area contributed by atoms with Crippen molar-refractivity contribution in [3.05, 3.63) is 18.2 Å². The Morgan fingerprint density at radius 3 is 2.80 bits per heavy atom. The molecular formula is C15H26N4O. The van der Waals surface area contributed by atoms with Gasteiger partial charge in [0, 0.05) is 25.6 Å². The Bertz CT molecular complexity index is 443. The number of likely N-dealkylation sites (tertiary alicyclic amines) is 1. The fraction of sp³-hybridized carbons (Fsp3) is 0.733. The van der Waals surface area contributed by atoms with Crippen molar-refractivity contribution in [3.8, 4) is 0 Å². The highest BCUT2D eigenvalue weighted by Gasteiger charge is 2.34. The summed E-state index contributed by atoms with van der Waals surface area (Å²) in [6.07, 6.45) is 8.13. The Balaban J connectivity index is 2.35. The molecule has 0 saturated carbocycles. The molecule has 0 aromatic carbocycles. The second kappa shape index (κ2) is 6.88. The molecule has 1 aromatic rings. The van der Waals surface area contributed by atoms with Crippen molar-refractivity contribution in [2.75, 3.05) is 6.54 Å². The minimum Gasteiger partial charge on any atom is -0.333 e. The van der Waals surface area contributed by atoms with Crippen LogP contribution in [0, 0.1) is 0 Å². The summed E-state index contributed by atoms with van der Waals surface area (Å²) >= 11 is 0. The molecule has 2 unspecified atom stereocenters. The standard InChI is InChI=1S/C15H26N4O/c1-3-8-18-11-17-10-13(18)15-12(16)6-5-7-14(20)19(15)9-4-2/h10-12,15H,3-9,16H2,1-2H3. The maximum atomic E-state index is 12.4. The molecule has 2 heterocycles. The average Bonchev–Trinajstić information content (AvgIpc) is 2.81. The van der Waals surface area contributed by atoms with Gasteiger partial charge in [-0.3, -0.25) is 4.79 Å². The number of nitrogens with zero attached hydrogens (tertiary/aromatic N) is 3. The van der Waals surface area contributed by atoms with Crippen LogP contribution in [0.25, 0.3) is 0 Å². The Labute approximate surface area is 121 Å². The average molecular weight is 278 g/mol. The normalized spacial score (nSPS) is 23.9. The molecule has 0 spiro atoms. The van der Waals surface area contributed by atoms with E-state index in [0.29, 0.717) is 6.42 Å². The third-order valence-electron chi connectivity index (χ3n) is 3.97. The fourth-order valence-electron chi connectivity index (χ4n) is 3.07. The molecule has 2 N–H and O–H groups in total. The second-order valence-electron chi connectivity index (χ2n) is 5.60. The summed E-state index contributed by atoms with van der Waals surface area (Å²) < 4.78 is 2.14. The van der Waals surface area contributed by atoms with Crippen LogP contribution >= 0.6 is 0 Å². The zero-order chi connectivity index (χ0) is 14.5. The lowest BCUT2D eigenvalue weighted by Gasteiger charge is -2.34. The van der Waals surface area contributed by atoms with Crippen molar-refractivity contribution < 1.29 is 4.79 Å². The van der Waals surface area contributed by atoms with E-state index in [0.717, 1.165) is 44.5 Å². The summed E-state index contributed by atoms with van der Waals surface area (Å²) in [5, 5.41) is 0. The summed E-state index contributed by atoms with van der Waals surface area (Å²) in [5.74, 6) is 0.231. The van der Waals surface area contributed by atoms with Crippen molar-refractivity contribution in [1.29, 1.82) is 0 Å². The second-order valence-corrected chi connectivity index (χ2v) is 5.60. The number of hydrogen-bond acceptors (Lipinski definition) is 3. The van der Waals surface area contributed by atoms with Crippen LogP contribution in [-0.4, -0.2) is 32.9 Å². The number of imidazole rings is 1. The van der Waals surface area contributed by atoms with Crippen molar-refractivity contribution >= 4 is 5.91 Å². The topological polar surface area (TPSA) is 64.2 Å². The van der Waals surface area contributed by atoms with Gasteiger partial charge in [0.2, 0.25) is 5.91 Å². The van der Waals surface area contributed by atoms with Crippen LogP contribution in [0.15, 0.2) is 12.5 Å². The van der Waals surface area contributed by atoms with Gasteiger partial charge in [0.1, 0.15) is 0 Å². The van der Waals surface area contributed by atoms with Crippen LogP contribution in [0.4, 0.5) is 0 Å². The molecule has 20 heavy (non-hydrogen) atoms. The number of hydrogen-bond donors (Lipinski definition) is 1. The molecule has 1 amide bonds. The van der Waals surface area contributed by atoms with Gasteiger partial charge in [-0.05, 0) is 25.7 Å². The van der Waals surface area contributed by atoms with Crippen LogP contribution in [0.1, 0.15) is 57.7 Å². The summed E-state index contributed by atoms with van der Waals surface area (Å²) in [5.41, 5.74) is 7.47. The van der Waals surface area contributed by atoms with Crippen LogP contribution < -0.4 is 5.73 Å². The van der Waals surface area contributed by atoms with E-state index < -0.39 is 0 Å². The summed E-state index contributed by atoms with van der Waals surface area (Å²) in [4.78, 5) is 18.6. The molecule has 2 rings (SSSR count). The minimum absolute atomic E-state index is 0.000283. The molecule has 5 nitrogen and oxygen atoms in total. The van der Waals surface area contributed by atoms with Crippen LogP contribution in [-0.2, 0) is 11.3 Å². The molecule has 0 bridgehead atoms. The maximum Gasteiger partial charge on any atom is 0.223 e. The number of amides is 1. The van der Waals surface area contributed by atoms with E-state index in [1.165, 1.54) is 0 Å². The smallest absolute Gasteiger partial charge is 0.223 e. The summed E-state index contributed by atoms with van der Waals surface area (Å²) in [7, 11) is 0. The van der Waals surface area contributed by atoms with Gasteiger partial charge in [0.25, 0.3) is 0 Å². The number of aryl methyl sites for hydroxylation is 1. The molecule has 1 aromatic heterocycles. The first kappa shape index (κ1) is 15.0. The monoisotopic (exact) mass is 278 g/mol. The van der Waals surface area contributed by atoms with Crippen molar-refractivity contribution in [2.24, 2.45) is 5.73 Å². The van der Waals surface area contributed by atoms with E-state index in [9.17, 15) is 4.79 Å². The Morgan fingerprint density at radius 2 is 2.10 bits per heavy atom. The molecule has 0 aliphatic carbocycles. The van der Waals surface area contributed by atoms with E-state index in [1.807, 2.05) is 17.4 Å². The Hall–Kier alpha value is -1.36. The zero-order valence-corrected chi connectivity index (χ0v) is 12.6. The van der Waals surface area contributed by atoms with Gasteiger partial charge in [-0.1, -0.05) is 13.8 Å². The number of carbonyl (C=O) groups excluding carboxylic acids is 1. The van der Waals surface area contributed by atoms with Gasteiger partial charge in [-0.25, -0.2) is 4.98 Å². The van der Waals surface area contributed by atoms with Crippen LogP contribution in [0.5, 0.6) is 0 Å². The van der Waals surface area contributed by atoms with Gasteiger partial charge in [0.05, 0.1) is 24.3 Å². The first-order valence-corrected chi connectivity index (χ1v) is 7.74. The van der Waals surface area contributed by atoms with E-state index in [1.54, 1.807) is 0 Å². The van der Waals surface area contributed by atoms with Crippen molar-refractivity contribution in [1.82, 2.24) is 14.5 Å². The highest BCUT2D eigenvalue weighted by Crippen LogP contribution is 2.30. The van der Waals surface area contributed by atoms with Crippen LogP contribution in [0.2, 0.25) is 0 Å². The van der Waals surface area contributed by atoms with Gasteiger partial charge in [-0.2, -0.15) is 0 Å². The number of rotatable bonds is 5. The maximum absolute atomic E-state index is 12.4. The van der Waals surface area contributed by atoms with Gasteiger partial charge in [0.15, 0.2) is 0 Å². The van der Waals surface area contributed by atoms with E-state index >= 15 is 0 Å². The molecule has 1 aliphatic heterocycles. The zero-order valence-electron chi connectivity index (χ0n) is 12.6. The quantitative estimate of drug-likeness (QED) is 0.897. The largest absolute Gasteiger partial charge is 0.333 e. The molecule has 1 aliphatic rings. The summed E-state index contributed by atoms with van der Waals surface area (Å²) in [6.45, 7) is 5.94. The number of carbonyl (C=O) groups is 1. The van der Waals surface area contributed by atoms with Crippen LogP contribution in [0.3, 0.4) is 0 Å². The predicted molar refractivity (Wildman–Crippen MR) is 79.1 cm³/mol. The van der Waals surface area contributed by atoms with Gasteiger partial charge >= 0.3 is 0 Å². The molecule has 0 radical (unpaired) electrons. The first-order chi connectivity index (χ1) is 9.69. The SMILES string of the molecule is CCCN1C(=O)CCCC(N)C1c1cncn1CCC. The lowest BCUT2D eigenvalue weighted by molar-refractivity contribution is -0.133. The molecule has 112 valence electrons. The van der Waals surface area contributed by atoms with E-state index in [-0.39, 0.29) is 18.0 Å². The highest BCUT2D eigenvalue weighted by molar-refractivity contribution is 5.77. The minimum atomic E-state index is -0.0287. The lowest BCUT2D eigenvalue weighted by atomic mass is 10.0. The Morgan fingerprint density at radius 1 is 1.35 bits per heavy atom. The highest BCUT2D eigenvalue weighted by atomic mass is 16.2. The third-order valence-corrected chi connectivity index (χ3v) is 3.97. The molecule has 1 saturated heterocycles. The molecule has 2 atom stereocenters. The predicted octanol–water partition coefficient (Wildman–Crippen LogP) is 2.08. The summed E-state index contributed by atoms with van der Waals surface area (Å²) in [6, 6.07) is -0.0284. The molecule has 1 fully saturated rings. The molecular weight excluding hydrogens is 252 g/mol. The van der Waals surface area contributed by atoms with Crippen molar-refractivity contribution in [2.45, 2.75) is 64.6 Å². The van der Waals surface area contributed by atoms with E-state index in [4.69, 9.17) is 5.73 Å². The van der Waals surface area contributed by atoms with Gasteiger partial charge in [-0.15, -0.1) is 0 Å². The third kappa shape index (κ3) is 3.03. The molecule has 5 heteroatoms.